The maximum Gasteiger partial charge on any atom is 0.388 e. The van der Waals surface area contributed by atoms with Gasteiger partial charge in [-0.15, -0.1) is 0 Å². The van der Waals surface area contributed by atoms with E-state index in [1.165, 1.54) is 35.5 Å². The van der Waals surface area contributed by atoms with Crippen LogP contribution < -0.4 is 0 Å². The first kappa shape index (κ1) is 14.9. The molecule has 0 aromatic heterocycles. The van der Waals surface area contributed by atoms with Crippen molar-refractivity contribution in [2.24, 2.45) is 0 Å². The number of quaternary nitrogens is 1. The zero-order valence-electron chi connectivity index (χ0n) is 10.1. The van der Waals surface area contributed by atoms with E-state index in [9.17, 15) is 9.59 Å². The summed E-state index contributed by atoms with van der Waals surface area (Å²) in [6, 6.07) is 0. The highest BCUT2D eigenvalue weighted by Gasteiger charge is 2.37. The molecule has 0 rings (SSSR count). The Morgan fingerprint density at radius 1 is 1.06 bits per heavy atom. The molecule has 0 unspecified atom stereocenters. The summed E-state index contributed by atoms with van der Waals surface area (Å²) in [5.74, 6) is -1.25. The molecular formula is C8H17N2O6+. The van der Waals surface area contributed by atoms with Crippen LogP contribution in [0.3, 0.4) is 0 Å². The van der Waals surface area contributed by atoms with Crippen molar-refractivity contribution in [3.63, 3.8) is 0 Å². The van der Waals surface area contributed by atoms with E-state index >= 15 is 0 Å². The van der Waals surface area contributed by atoms with Crippen molar-refractivity contribution in [3.05, 3.63) is 0 Å². The fourth-order valence-corrected chi connectivity index (χ4v) is 0.894. The van der Waals surface area contributed by atoms with Crippen LogP contribution in [0, 0.1) is 0 Å². The van der Waals surface area contributed by atoms with Gasteiger partial charge in [-0.1, -0.05) is 5.23 Å². The molecule has 0 saturated heterocycles. The minimum absolute atomic E-state index is 0.472. The van der Waals surface area contributed by atoms with Crippen molar-refractivity contribution in [1.82, 2.24) is 5.23 Å². The van der Waals surface area contributed by atoms with Crippen LogP contribution in [0.5, 0.6) is 0 Å². The lowest BCUT2D eigenvalue weighted by molar-refractivity contribution is -1.17. The molecule has 0 aromatic carbocycles. The van der Waals surface area contributed by atoms with Gasteiger partial charge in [0.2, 0.25) is 0 Å². The average Bonchev–Trinajstić information content (AvgIpc) is 2.29. The second-order valence-electron chi connectivity index (χ2n) is 2.80. The monoisotopic (exact) mass is 237 g/mol. The fraction of sp³-hybridized carbons (Fsp3) is 0.750. The lowest BCUT2D eigenvalue weighted by Gasteiger charge is -2.23. The predicted molar refractivity (Wildman–Crippen MR) is 50.7 cm³/mol. The molecule has 16 heavy (non-hydrogen) atoms. The number of hydrogen-bond donors (Lipinski definition) is 0. The Morgan fingerprint density at radius 2 is 1.50 bits per heavy atom. The minimum Gasteiger partial charge on any atom is -0.269 e. The van der Waals surface area contributed by atoms with Crippen LogP contribution >= 0.6 is 0 Å². The highest BCUT2D eigenvalue weighted by Crippen LogP contribution is 2.08. The zero-order chi connectivity index (χ0) is 12.8. The topological polar surface area (TPSA) is 74.3 Å². The summed E-state index contributed by atoms with van der Waals surface area (Å²) in [6.07, 6.45) is -0.472. The third-order valence-corrected chi connectivity index (χ3v) is 1.99. The van der Waals surface area contributed by atoms with Gasteiger partial charge in [-0.25, -0.2) is 14.5 Å². The third-order valence-electron chi connectivity index (χ3n) is 1.99. The number of carbonyl (C=O) groups is 2. The summed E-state index contributed by atoms with van der Waals surface area (Å²) in [5, 5.41) is 0.591. The SMILES string of the molecule is CON(OC)C(=O)CC(=O)[N+](C)(OC)OC. The Kier molecular flexibility index (Phi) is 6.08. The van der Waals surface area contributed by atoms with Gasteiger partial charge in [-0.2, -0.15) is 9.68 Å². The van der Waals surface area contributed by atoms with E-state index in [2.05, 4.69) is 9.68 Å². The van der Waals surface area contributed by atoms with Crippen molar-refractivity contribution in [1.29, 1.82) is 0 Å². The lowest BCUT2D eigenvalue weighted by atomic mass is 10.4. The predicted octanol–water partition coefficient (Wildman–Crippen LogP) is -0.576. The van der Waals surface area contributed by atoms with E-state index in [4.69, 9.17) is 9.68 Å². The fourth-order valence-electron chi connectivity index (χ4n) is 0.894. The molecule has 0 aliphatic heterocycles. The summed E-state index contributed by atoms with van der Waals surface area (Å²) >= 11 is 0. The first-order valence-corrected chi connectivity index (χ1v) is 4.37. The molecule has 0 radical (unpaired) electrons. The standard InChI is InChI=1S/C8H17N2O6/c1-10(15-4,16-5)8(12)6-7(11)9(13-2)14-3/h6H2,1-5H3/q+1. The molecule has 0 fully saturated rings. The molecular weight excluding hydrogens is 220 g/mol. The van der Waals surface area contributed by atoms with Crippen molar-refractivity contribution >= 4 is 11.8 Å². The second-order valence-corrected chi connectivity index (χ2v) is 2.80. The smallest absolute Gasteiger partial charge is 0.269 e. The van der Waals surface area contributed by atoms with Crippen molar-refractivity contribution in [2.45, 2.75) is 6.42 Å². The summed E-state index contributed by atoms with van der Waals surface area (Å²) in [4.78, 5) is 41.0. The summed E-state index contributed by atoms with van der Waals surface area (Å²) in [5.41, 5.74) is 0. The maximum atomic E-state index is 11.6. The Hall–Kier alpha value is -1.06. The quantitative estimate of drug-likeness (QED) is 0.350. The first-order chi connectivity index (χ1) is 7.45. The highest BCUT2D eigenvalue weighted by atomic mass is 17.0. The van der Waals surface area contributed by atoms with Gasteiger partial charge in [0, 0.05) is 4.81 Å². The molecule has 2 amide bonds. The number of rotatable bonds is 6. The average molecular weight is 237 g/mol. The molecule has 0 atom stereocenters. The molecule has 0 heterocycles. The number of amides is 2. The Balaban J connectivity index is 4.50. The van der Waals surface area contributed by atoms with Crippen LogP contribution in [0.25, 0.3) is 0 Å². The van der Waals surface area contributed by atoms with E-state index in [1.54, 1.807) is 0 Å². The van der Waals surface area contributed by atoms with Crippen LogP contribution in [-0.2, 0) is 28.9 Å². The molecule has 0 saturated carbocycles. The molecule has 8 heteroatoms. The van der Waals surface area contributed by atoms with Crippen LogP contribution in [0.1, 0.15) is 6.42 Å². The second kappa shape index (κ2) is 6.51. The van der Waals surface area contributed by atoms with Crippen LogP contribution in [-0.4, -0.2) is 57.3 Å². The number of nitrogens with zero attached hydrogens (tertiary/aromatic N) is 2. The van der Waals surface area contributed by atoms with Gasteiger partial charge in [0.05, 0.1) is 14.2 Å². The molecule has 8 nitrogen and oxygen atoms in total. The van der Waals surface area contributed by atoms with Crippen LogP contribution in [0.15, 0.2) is 0 Å². The van der Waals surface area contributed by atoms with Gasteiger partial charge in [0.15, 0.2) is 6.42 Å². The van der Waals surface area contributed by atoms with Gasteiger partial charge in [0.1, 0.15) is 21.3 Å². The third kappa shape index (κ3) is 3.51. The van der Waals surface area contributed by atoms with Gasteiger partial charge in [0.25, 0.3) is 5.91 Å². The Morgan fingerprint density at radius 3 is 1.81 bits per heavy atom. The van der Waals surface area contributed by atoms with E-state index in [1.807, 2.05) is 0 Å². The summed E-state index contributed by atoms with van der Waals surface area (Å²) in [7, 11) is 6.42. The first-order valence-electron chi connectivity index (χ1n) is 4.37. The van der Waals surface area contributed by atoms with E-state index in [0.29, 0.717) is 5.23 Å². The number of hydrogen-bond acceptors (Lipinski definition) is 6. The van der Waals surface area contributed by atoms with Crippen LogP contribution in [0.4, 0.5) is 0 Å². The molecule has 0 spiro atoms. The molecule has 0 aromatic rings. The van der Waals surface area contributed by atoms with Gasteiger partial charge >= 0.3 is 5.91 Å². The molecule has 94 valence electrons. The van der Waals surface area contributed by atoms with E-state index < -0.39 is 23.0 Å². The van der Waals surface area contributed by atoms with E-state index in [0.717, 1.165) is 0 Å². The maximum absolute atomic E-state index is 11.6. The van der Waals surface area contributed by atoms with Gasteiger partial charge in [-0.3, -0.25) is 4.79 Å². The van der Waals surface area contributed by atoms with E-state index in [-0.39, 0.29) is 0 Å². The zero-order valence-corrected chi connectivity index (χ0v) is 10.1. The Bertz CT molecular complexity index is 249. The lowest BCUT2D eigenvalue weighted by Crippen LogP contribution is -2.49. The van der Waals surface area contributed by atoms with Crippen molar-refractivity contribution < 1.29 is 33.7 Å². The molecule has 0 aliphatic carbocycles. The molecule has 0 N–H and O–H groups in total. The van der Waals surface area contributed by atoms with Crippen molar-refractivity contribution in [2.75, 3.05) is 35.5 Å². The van der Waals surface area contributed by atoms with Crippen molar-refractivity contribution in [3.8, 4) is 0 Å². The van der Waals surface area contributed by atoms with Gasteiger partial charge < -0.3 is 0 Å². The Labute approximate surface area is 93.6 Å². The summed E-state index contributed by atoms with van der Waals surface area (Å²) in [6.45, 7) is 0. The molecule has 0 bridgehead atoms. The minimum atomic E-state index is -0.771. The normalized spacial score (nSPS) is 11.3. The highest BCUT2D eigenvalue weighted by molar-refractivity contribution is 5.92. The van der Waals surface area contributed by atoms with Gasteiger partial charge in [-0.05, 0) is 0 Å². The molecule has 0 aliphatic rings. The summed E-state index contributed by atoms with van der Waals surface area (Å²) < 4.78 is 0. The number of carbonyl (C=O) groups excluding carboxylic acids is 2. The largest absolute Gasteiger partial charge is 0.388 e. The van der Waals surface area contributed by atoms with Crippen LogP contribution in [0.2, 0.25) is 0 Å². The number of hydroxylamine groups is 6.